The van der Waals surface area contributed by atoms with Crippen molar-refractivity contribution in [1.29, 1.82) is 5.26 Å². The molecule has 2 saturated heterocycles. The van der Waals surface area contributed by atoms with E-state index in [-0.39, 0.29) is 36.1 Å². The Labute approximate surface area is 231 Å². The lowest BCUT2D eigenvalue weighted by atomic mass is 10.0. The minimum atomic E-state index is -0.522. The summed E-state index contributed by atoms with van der Waals surface area (Å²) in [6, 6.07) is 4.19. The first-order chi connectivity index (χ1) is 19.4. The SMILES string of the molecule is COC1CCOCC1.N#Cc1c[nH]c(NC(=O)N2CCCc3cc(CN4CCOCC4=O)c(C=O)nc32)cc1=O. The van der Waals surface area contributed by atoms with Gasteiger partial charge in [0.25, 0.3) is 0 Å². The maximum Gasteiger partial charge on any atom is 0.328 e. The fourth-order valence-electron chi connectivity index (χ4n) is 4.63. The summed E-state index contributed by atoms with van der Waals surface area (Å²) in [5, 5.41) is 11.5. The van der Waals surface area contributed by atoms with Crippen molar-refractivity contribution in [2.45, 2.75) is 38.3 Å². The number of ether oxygens (including phenoxy) is 3. The standard InChI is InChI=1S/C21H20N6O5.C6H12O2/c22-8-15-9-23-18(7-17(15)29)25-21(31)27-3-1-2-13-6-14(16(11-28)24-20(13)27)10-26-4-5-32-12-19(26)30;1-7-6-2-4-8-5-3-6/h6-7,9,11H,1-5,10,12H2,(H2,23,25,29,31);6H,2-5H2,1H3. The number of amides is 3. The lowest BCUT2D eigenvalue weighted by molar-refractivity contribution is -0.143. The molecule has 2 aromatic rings. The van der Waals surface area contributed by atoms with E-state index in [4.69, 9.17) is 19.5 Å². The molecule has 13 nitrogen and oxygen atoms in total. The average Bonchev–Trinajstić information content (AvgIpc) is 2.98. The molecule has 0 aromatic carbocycles. The van der Waals surface area contributed by atoms with Gasteiger partial charge in [-0.05, 0) is 37.3 Å². The number of pyridine rings is 2. The predicted octanol–water partition coefficient (Wildman–Crippen LogP) is 1.61. The van der Waals surface area contributed by atoms with E-state index in [0.717, 1.165) is 37.7 Å². The number of urea groups is 1. The molecule has 0 saturated carbocycles. The fourth-order valence-corrected chi connectivity index (χ4v) is 4.63. The van der Waals surface area contributed by atoms with Crippen molar-refractivity contribution in [3.8, 4) is 6.07 Å². The molecule has 0 radical (unpaired) electrons. The van der Waals surface area contributed by atoms with E-state index in [1.807, 2.05) is 6.07 Å². The number of nitrogens with zero attached hydrogens (tertiary/aromatic N) is 4. The van der Waals surface area contributed by atoms with Gasteiger partial charge in [-0.15, -0.1) is 0 Å². The molecule has 0 spiro atoms. The third-order valence-electron chi connectivity index (χ3n) is 6.85. The van der Waals surface area contributed by atoms with Crippen molar-refractivity contribution >= 4 is 29.9 Å². The Hall–Kier alpha value is -4.12. The van der Waals surface area contributed by atoms with E-state index in [9.17, 15) is 19.2 Å². The number of aromatic amines is 1. The molecule has 13 heteroatoms. The zero-order chi connectivity index (χ0) is 28.5. The summed E-state index contributed by atoms with van der Waals surface area (Å²) in [7, 11) is 1.76. The molecule has 3 aliphatic rings. The molecule has 212 valence electrons. The summed E-state index contributed by atoms with van der Waals surface area (Å²) >= 11 is 0. The first-order valence-electron chi connectivity index (χ1n) is 13.1. The van der Waals surface area contributed by atoms with Crippen LogP contribution in [-0.4, -0.2) is 85.8 Å². The van der Waals surface area contributed by atoms with Gasteiger partial charge in [0.05, 0.1) is 12.7 Å². The molecular formula is C27H32N6O7. The van der Waals surface area contributed by atoms with Crippen LogP contribution >= 0.6 is 0 Å². The molecule has 5 heterocycles. The van der Waals surface area contributed by atoms with Crippen LogP contribution < -0.4 is 15.6 Å². The van der Waals surface area contributed by atoms with Crippen LogP contribution in [0.15, 0.2) is 23.1 Å². The number of nitriles is 1. The van der Waals surface area contributed by atoms with Crippen molar-refractivity contribution in [1.82, 2.24) is 14.9 Å². The van der Waals surface area contributed by atoms with Gasteiger partial charge in [-0.25, -0.2) is 9.78 Å². The topological polar surface area (TPSA) is 167 Å². The number of methoxy groups -OCH3 is 1. The highest BCUT2D eigenvalue weighted by Gasteiger charge is 2.27. The van der Waals surface area contributed by atoms with Crippen LogP contribution in [0.2, 0.25) is 0 Å². The zero-order valence-electron chi connectivity index (χ0n) is 22.3. The number of nitrogens with one attached hydrogen (secondary N) is 2. The Morgan fingerprint density at radius 3 is 2.70 bits per heavy atom. The number of aryl methyl sites for hydroxylation is 1. The third-order valence-corrected chi connectivity index (χ3v) is 6.85. The Morgan fingerprint density at radius 1 is 1.25 bits per heavy atom. The molecular weight excluding hydrogens is 520 g/mol. The fraction of sp³-hybridized carbons (Fsp3) is 0.481. The lowest BCUT2D eigenvalue weighted by Crippen LogP contribution is -2.42. The summed E-state index contributed by atoms with van der Waals surface area (Å²) in [5.41, 5.74) is 1.00. The Bertz CT molecular complexity index is 1330. The van der Waals surface area contributed by atoms with Crippen molar-refractivity contribution in [2.24, 2.45) is 0 Å². The van der Waals surface area contributed by atoms with Crippen molar-refractivity contribution in [3.05, 3.63) is 50.9 Å². The van der Waals surface area contributed by atoms with Gasteiger partial charge >= 0.3 is 6.03 Å². The quantitative estimate of drug-likeness (QED) is 0.524. The Kier molecular flexibility index (Phi) is 9.96. The number of carbonyl (C=O) groups is 3. The van der Waals surface area contributed by atoms with E-state index < -0.39 is 11.5 Å². The number of H-pyrrole nitrogens is 1. The highest BCUT2D eigenvalue weighted by molar-refractivity contribution is 6.01. The van der Waals surface area contributed by atoms with Crippen LogP contribution in [-0.2, 0) is 32.0 Å². The number of hydrogen-bond acceptors (Lipinski definition) is 9. The molecule has 0 atom stereocenters. The second-order valence-corrected chi connectivity index (χ2v) is 9.47. The molecule has 0 bridgehead atoms. The van der Waals surface area contributed by atoms with E-state index >= 15 is 0 Å². The number of morpholine rings is 1. The number of carbonyl (C=O) groups excluding carboxylic acids is 3. The summed E-state index contributed by atoms with van der Waals surface area (Å²) in [6.07, 6.45) is 5.79. The number of aromatic nitrogens is 2. The second-order valence-electron chi connectivity index (χ2n) is 9.47. The van der Waals surface area contributed by atoms with Crippen LogP contribution in [0.1, 0.15) is 46.4 Å². The molecule has 40 heavy (non-hydrogen) atoms. The van der Waals surface area contributed by atoms with Crippen molar-refractivity contribution < 1.29 is 28.6 Å². The molecule has 5 rings (SSSR count). The van der Waals surface area contributed by atoms with Gasteiger partial charge in [-0.1, -0.05) is 0 Å². The van der Waals surface area contributed by atoms with Gasteiger partial charge in [-0.2, -0.15) is 5.26 Å². The monoisotopic (exact) mass is 552 g/mol. The third kappa shape index (κ3) is 7.09. The number of rotatable bonds is 5. The normalized spacial score (nSPS) is 17.2. The van der Waals surface area contributed by atoms with Crippen LogP contribution in [0.5, 0.6) is 0 Å². The molecule has 0 aliphatic carbocycles. The lowest BCUT2D eigenvalue weighted by Gasteiger charge is -2.30. The van der Waals surface area contributed by atoms with Gasteiger partial charge in [0.15, 0.2) is 6.29 Å². The first-order valence-corrected chi connectivity index (χ1v) is 13.1. The molecule has 2 aromatic heterocycles. The maximum atomic E-state index is 12.9. The molecule has 2 N–H and O–H groups in total. The van der Waals surface area contributed by atoms with Gasteiger partial charge in [0, 0.05) is 57.8 Å². The van der Waals surface area contributed by atoms with Gasteiger partial charge < -0.3 is 24.1 Å². The van der Waals surface area contributed by atoms with Gasteiger partial charge in [0.1, 0.15) is 35.6 Å². The molecule has 3 aliphatic heterocycles. The van der Waals surface area contributed by atoms with Crippen LogP contribution in [0.3, 0.4) is 0 Å². The summed E-state index contributed by atoms with van der Waals surface area (Å²) in [5.74, 6) is 0.358. The predicted molar refractivity (Wildman–Crippen MR) is 143 cm³/mol. The number of fused-ring (bicyclic) bond motifs is 1. The number of anilines is 2. The zero-order valence-corrected chi connectivity index (χ0v) is 22.3. The van der Waals surface area contributed by atoms with Crippen LogP contribution in [0, 0.1) is 11.3 Å². The summed E-state index contributed by atoms with van der Waals surface area (Å²) < 4.78 is 15.4. The van der Waals surface area contributed by atoms with E-state index in [1.165, 1.54) is 11.1 Å². The van der Waals surface area contributed by atoms with E-state index in [0.29, 0.717) is 56.3 Å². The van der Waals surface area contributed by atoms with Crippen molar-refractivity contribution in [2.75, 3.05) is 56.8 Å². The molecule has 2 fully saturated rings. The first kappa shape index (κ1) is 28.9. The largest absolute Gasteiger partial charge is 0.381 e. The average molecular weight is 553 g/mol. The van der Waals surface area contributed by atoms with Gasteiger partial charge in [-0.3, -0.25) is 24.6 Å². The second kappa shape index (κ2) is 13.8. The molecule has 0 unspecified atom stereocenters. The van der Waals surface area contributed by atoms with Crippen LogP contribution in [0.25, 0.3) is 0 Å². The summed E-state index contributed by atoms with van der Waals surface area (Å²) in [6.45, 7) is 3.26. The summed E-state index contributed by atoms with van der Waals surface area (Å²) in [4.78, 5) is 58.6. The molecule has 3 amide bonds. The Balaban J connectivity index is 0.000000398. The van der Waals surface area contributed by atoms with E-state index in [2.05, 4.69) is 15.3 Å². The number of hydrogen-bond donors (Lipinski definition) is 2. The van der Waals surface area contributed by atoms with Gasteiger partial charge in [0.2, 0.25) is 11.3 Å². The maximum absolute atomic E-state index is 12.9. The van der Waals surface area contributed by atoms with Crippen molar-refractivity contribution in [3.63, 3.8) is 0 Å². The minimum Gasteiger partial charge on any atom is -0.381 e. The smallest absolute Gasteiger partial charge is 0.328 e. The van der Waals surface area contributed by atoms with E-state index in [1.54, 1.807) is 18.1 Å². The highest BCUT2D eigenvalue weighted by Crippen LogP contribution is 2.28. The highest BCUT2D eigenvalue weighted by atomic mass is 16.5. The minimum absolute atomic E-state index is 0.0141. The Morgan fingerprint density at radius 2 is 2.05 bits per heavy atom. The number of aldehydes is 1. The van der Waals surface area contributed by atoms with Crippen LogP contribution in [0.4, 0.5) is 16.4 Å².